The molecule has 0 aromatic heterocycles. The van der Waals surface area contributed by atoms with Gasteiger partial charge in [0.2, 0.25) is 0 Å². The summed E-state index contributed by atoms with van der Waals surface area (Å²) < 4.78 is 5.41. The highest BCUT2D eigenvalue weighted by Crippen LogP contribution is 2.23. The van der Waals surface area contributed by atoms with E-state index in [9.17, 15) is 4.79 Å². The van der Waals surface area contributed by atoms with E-state index in [1.165, 1.54) is 5.56 Å². The Balaban J connectivity index is 2.08. The van der Waals surface area contributed by atoms with Crippen molar-refractivity contribution in [2.24, 2.45) is 5.92 Å². The second-order valence-corrected chi connectivity index (χ2v) is 5.11. The average Bonchev–Trinajstić information content (AvgIpc) is 2.88. The number of ether oxygens (including phenoxy) is 1. The molecule has 0 aliphatic carbocycles. The molecule has 0 spiro atoms. The summed E-state index contributed by atoms with van der Waals surface area (Å²) in [6.07, 6.45) is 1.23. The van der Waals surface area contributed by atoms with Crippen LogP contribution in [-0.4, -0.2) is 37.4 Å². The van der Waals surface area contributed by atoms with E-state index < -0.39 is 5.97 Å². The maximum Gasteiger partial charge on any atom is 0.305 e. The molecule has 1 aliphatic rings. The Morgan fingerprint density at radius 2 is 2.26 bits per heavy atom. The van der Waals surface area contributed by atoms with Crippen LogP contribution < -0.4 is 4.90 Å². The second kappa shape index (κ2) is 6.57. The van der Waals surface area contributed by atoms with Gasteiger partial charge in [0.1, 0.15) is 0 Å². The van der Waals surface area contributed by atoms with Gasteiger partial charge in [0.15, 0.2) is 0 Å². The fourth-order valence-electron chi connectivity index (χ4n) is 2.50. The van der Waals surface area contributed by atoms with Crippen molar-refractivity contribution in [3.63, 3.8) is 0 Å². The zero-order chi connectivity index (χ0) is 13.7. The van der Waals surface area contributed by atoms with E-state index in [1.807, 2.05) is 12.1 Å². The fraction of sp³-hybridized carbons (Fsp3) is 0.533. The SMILES string of the molecule is Cc1ccccc1N(CCC(=O)O)CC1CCOC1. The molecule has 4 nitrogen and oxygen atoms in total. The number of benzene rings is 1. The van der Waals surface area contributed by atoms with Crippen molar-refractivity contribution >= 4 is 11.7 Å². The van der Waals surface area contributed by atoms with Crippen molar-refractivity contribution in [3.05, 3.63) is 29.8 Å². The molecule has 1 heterocycles. The standard InChI is InChI=1S/C15H21NO3/c1-12-4-2-3-5-14(12)16(8-6-15(17)18)10-13-7-9-19-11-13/h2-5,13H,6-11H2,1H3,(H,17,18). The lowest BCUT2D eigenvalue weighted by Crippen LogP contribution is -2.32. The quantitative estimate of drug-likeness (QED) is 0.855. The van der Waals surface area contributed by atoms with Gasteiger partial charge in [-0.15, -0.1) is 0 Å². The molecule has 104 valence electrons. The Bertz CT molecular complexity index is 427. The third-order valence-electron chi connectivity index (χ3n) is 3.55. The number of para-hydroxylation sites is 1. The number of carboxylic acids is 1. The van der Waals surface area contributed by atoms with E-state index in [2.05, 4.69) is 24.0 Å². The van der Waals surface area contributed by atoms with Gasteiger partial charge in [-0.3, -0.25) is 4.79 Å². The Kier molecular flexibility index (Phi) is 4.80. The van der Waals surface area contributed by atoms with Crippen molar-refractivity contribution in [2.45, 2.75) is 19.8 Å². The number of carbonyl (C=O) groups is 1. The minimum Gasteiger partial charge on any atom is -0.481 e. The van der Waals surface area contributed by atoms with Crippen molar-refractivity contribution in [3.8, 4) is 0 Å². The predicted octanol–water partition coefficient (Wildman–Crippen LogP) is 2.31. The number of nitrogens with zero attached hydrogens (tertiary/aromatic N) is 1. The van der Waals surface area contributed by atoms with Gasteiger partial charge in [-0.1, -0.05) is 18.2 Å². The van der Waals surface area contributed by atoms with Crippen LogP contribution in [0.3, 0.4) is 0 Å². The normalized spacial score (nSPS) is 18.5. The summed E-state index contributed by atoms with van der Waals surface area (Å²) in [6.45, 7) is 5.10. The zero-order valence-electron chi connectivity index (χ0n) is 11.3. The van der Waals surface area contributed by atoms with Gasteiger partial charge in [0, 0.05) is 31.3 Å². The summed E-state index contributed by atoms with van der Waals surface area (Å²) in [4.78, 5) is 13.0. The molecule has 2 rings (SSSR count). The van der Waals surface area contributed by atoms with E-state index in [4.69, 9.17) is 9.84 Å². The Morgan fingerprint density at radius 3 is 2.89 bits per heavy atom. The van der Waals surface area contributed by atoms with Gasteiger partial charge in [-0.25, -0.2) is 0 Å². The average molecular weight is 263 g/mol. The number of hydrogen-bond donors (Lipinski definition) is 1. The second-order valence-electron chi connectivity index (χ2n) is 5.11. The summed E-state index contributed by atoms with van der Waals surface area (Å²) in [5.41, 5.74) is 2.32. The molecule has 0 saturated carbocycles. The molecule has 0 radical (unpaired) electrons. The highest BCUT2D eigenvalue weighted by Gasteiger charge is 2.20. The van der Waals surface area contributed by atoms with Crippen molar-refractivity contribution < 1.29 is 14.6 Å². The maximum absolute atomic E-state index is 10.8. The predicted molar refractivity (Wildman–Crippen MR) is 74.6 cm³/mol. The number of carboxylic acid groups (broad SMARTS) is 1. The van der Waals surface area contributed by atoms with E-state index in [-0.39, 0.29) is 6.42 Å². The number of hydrogen-bond acceptors (Lipinski definition) is 3. The van der Waals surface area contributed by atoms with Gasteiger partial charge >= 0.3 is 5.97 Å². The molecule has 1 aliphatic heterocycles. The van der Waals surface area contributed by atoms with Crippen LogP contribution >= 0.6 is 0 Å². The van der Waals surface area contributed by atoms with E-state index in [1.54, 1.807) is 0 Å². The zero-order valence-corrected chi connectivity index (χ0v) is 11.3. The lowest BCUT2D eigenvalue weighted by molar-refractivity contribution is -0.136. The van der Waals surface area contributed by atoms with Crippen LogP contribution in [0.5, 0.6) is 0 Å². The van der Waals surface area contributed by atoms with Crippen molar-refractivity contribution in [1.82, 2.24) is 0 Å². The van der Waals surface area contributed by atoms with Gasteiger partial charge in [-0.2, -0.15) is 0 Å². The van der Waals surface area contributed by atoms with Crippen molar-refractivity contribution in [2.75, 3.05) is 31.2 Å². The summed E-state index contributed by atoms with van der Waals surface area (Å²) in [6, 6.07) is 8.13. The van der Waals surface area contributed by atoms with Crippen molar-refractivity contribution in [1.29, 1.82) is 0 Å². The van der Waals surface area contributed by atoms with E-state index in [0.29, 0.717) is 12.5 Å². The molecule has 1 fully saturated rings. The molecular weight excluding hydrogens is 242 g/mol. The lowest BCUT2D eigenvalue weighted by atomic mass is 10.1. The first kappa shape index (κ1) is 13.9. The molecule has 1 aromatic carbocycles. The molecule has 4 heteroatoms. The Hall–Kier alpha value is -1.55. The lowest BCUT2D eigenvalue weighted by Gasteiger charge is -2.28. The van der Waals surface area contributed by atoms with Gasteiger partial charge in [0.05, 0.1) is 13.0 Å². The molecule has 1 saturated heterocycles. The number of rotatable bonds is 6. The first-order valence-electron chi connectivity index (χ1n) is 6.77. The molecule has 0 amide bonds. The molecular formula is C15H21NO3. The number of anilines is 1. The first-order chi connectivity index (χ1) is 9.16. The van der Waals surface area contributed by atoms with E-state index >= 15 is 0 Å². The summed E-state index contributed by atoms with van der Waals surface area (Å²) >= 11 is 0. The molecule has 19 heavy (non-hydrogen) atoms. The molecule has 0 bridgehead atoms. The molecule has 1 unspecified atom stereocenters. The fourth-order valence-corrected chi connectivity index (χ4v) is 2.50. The van der Waals surface area contributed by atoms with Gasteiger partial charge < -0.3 is 14.7 Å². The van der Waals surface area contributed by atoms with Crippen LogP contribution in [0, 0.1) is 12.8 Å². The molecule has 1 N–H and O–H groups in total. The third kappa shape index (κ3) is 3.96. The summed E-state index contributed by atoms with van der Waals surface area (Å²) in [7, 11) is 0. The molecule has 1 aromatic rings. The minimum atomic E-state index is -0.749. The van der Waals surface area contributed by atoms with Crippen LogP contribution in [0.2, 0.25) is 0 Å². The van der Waals surface area contributed by atoms with Crippen LogP contribution in [0.15, 0.2) is 24.3 Å². The monoisotopic (exact) mass is 263 g/mol. The summed E-state index contributed by atoms with van der Waals surface area (Å²) in [5, 5.41) is 8.89. The van der Waals surface area contributed by atoms with Gasteiger partial charge in [-0.05, 0) is 25.0 Å². The highest BCUT2D eigenvalue weighted by molar-refractivity contribution is 5.68. The van der Waals surface area contributed by atoms with Crippen LogP contribution in [0.1, 0.15) is 18.4 Å². The molecule has 1 atom stereocenters. The first-order valence-corrected chi connectivity index (χ1v) is 6.77. The van der Waals surface area contributed by atoms with Gasteiger partial charge in [0.25, 0.3) is 0 Å². The number of aryl methyl sites for hydroxylation is 1. The topological polar surface area (TPSA) is 49.8 Å². The Labute approximate surface area is 114 Å². The minimum absolute atomic E-state index is 0.169. The van der Waals surface area contributed by atoms with Crippen LogP contribution in [-0.2, 0) is 9.53 Å². The Morgan fingerprint density at radius 1 is 1.47 bits per heavy atom. The van der Waals surface area contributed by atoms with Crippen LogP contribution in [0.4, 0.5) is 5.69 Å². The third-order valence-corrected chi connectivity index (χ3v) is 3.55. The van der Waals surface area contributed by atoms with Crippen LogP contribution in [0.25, 0.3) is 0 Å². The number of aliphatic carboxylic acids is 1. The largest absolute Gasteiger partial charge is 0.481 e. The summed E-state index contributed by atoms with van der Waals surface area (Å²) in [5.74, 6) is -0.241. The smallest absolute Gasteiger partial charge is 0.305 e. The maximum atomic E-state index is 10.8. The highest BCUT2D eigenvalue weighted by atomic mass is 16.5. The van der Waals surface area contributed by atoms with E-state index in [0.717, 1.165) is 31.9 Å².